The van der Waals surface area contributed by atoms with Crippen LogP contribution in [0.2, 0.25) is 4.34 Å². The van der Waals surface area contributed by atoms with Gasteiger partial charge in [-0.1, -0.05) is 35.9 Å². The zero-order valence-corrected chi connectivity index (χ0v) is 10.7. The minimum Gasteiger partial charge on any atom is -0.299 e. The van der Waals surface area contributed by atoms with E-state index in [9.17, 15) is 4.79 Å². The molecule has 0 radical (unpaired) electrons. The standard InChI is InChI=1S/C14H11ClOS/c15-14-6-5-10(17-14)8-13(16)12-7-9-3-1-2-4-11(9)12/h1-6,12H,7-8H2. The maximum absolute atomic E-state index is 12.1. The van der Waals surface area contributed by atoms with Crippen LogP contribution in [0.5, 0.6) is 0 Å². The molecule has 3 rings (SSSR count). The minimum atomic E-state index is 0.104. The lowest BCUT2D eigenvalue weighted by atomic mass is 9.74. The molecule has 1 aromatic heterocycles. The predicted octanol–water partition coefficient (Wildman–Crippen LogP) is 3.85. The zero-order chi connectivity index (χ0) is 11.8. The summed E-state index contributed by atoms with van der Waals surface area (Å²) in [5.41, 5.74) is 2.52. The van der Waals surface area contributed by atoms with Crippen LogP contribution in [0.15, 0.2) is 36.4 Å². The highest BCUT2D eigenvalue weighted by molar-refractivity contribution is 7.16. The smallest absolute Gasteiger partial charge is 0.145 e. The molecule has 86 valence electrons. The van der Waals surface area contributed by atoms with Crippen LogP contribution in [-0.4, -0.2) is 5.78 Å². The molecule has 0 N–H and O–H groups in total. The van der Waals surface area contributed by atoms with Gasteiger partial charge in [-0.25, -0.2) is 0 Å². The molecule has 1 unspecified atom stereocenters. The van der Waals surface area contributed by atoms with Gasteiger partial charge in [0.25, 0.3) is 0 Å². The third-order valence-electron chi connectivity index (χ3n) is 3.22. The third-order valence-corrected chi connectivity index (χ3v) is 4.45. The molecule has 0 saturated carbocycles. The molecule has 1 aliphatic carbocycles. The van der Waals surface area contributed by atoms with Crippen molar-refractivity contribution in [1.82, 2.24) is 0 Å². The van der Waals surface area contributed by atoms with Crippen LogP contribution in [0.25, 0.3) is 0 Å². The summed E-state index contributed by atoms with van der Waals surface area (Å²) in [5.74, 6) is 0.411. The first-order valence-corrected chi connectivity index (χ1v) is 6.78. The average molecular weight is 263 g/mol. The van der Waals surface area contributed by atoms with Gasteiger partial charge in [-0.3, -0.25) is 4.79 Å². The lowest BCUT2D eigenvalue weighted by molar-refractivity contribution is -0.120. The molecule has 0 saturated heterocycles. The minimum absolute atomic E-state index is 0.104. The molecule has 2 aromatic rings. The first-order chi connectivity index (χ1) is 8.24. The highest BCUT2D eigenvalue weighted by Crippen LogP contribution is 2.36. The van der Waals surface area contributed by atoms with Crippen molar-refractivity contribution in [1.29, 1.82) is 0 Å². The number of rotatable bonds is 3. The van der Waals surface area contributed by atoms with Gasteiger partial charge in [-0.15, -0.1) is 11.3 Å². The molecule has 3 heteroatoms. The molecule has 17 heavy (non-hydrogen) atoms. The van der Waals surface area contributed by atoms with E-state index in [0.29, 0.717) is 12.2 Å². The van der Waals surface area contributed by atoms with Gasteiger partial charge < -0.3 is 0 Å². The van der Waals surface area contributed by atoms with Gasteiger partial charge in [0, 0.05) is 17.2 Å². The largest absolute Gasteiger partial charge is 0.299 e. The van der Waals surface area contributed by atoms with Crippen molar-refractivity contribution in [3.05, 3.63) is 56.7 Å². The normalized spacial score (nSPS) is 17.4. The van der Waals surface area contributed by atoms with E-state index in [0.717, 1.165) is 15.6 Å². The molecular formula is C14H11ClOS. The Hall–Kier alpha value is -1.12. The van der Waals surface area contributed by atoms with Gasteiger partial charge in [-0.2, -0.15) is 0 Å². The van der Waals surface area contributed by atoms with Gasteiger partial charge in [-0.05, 0) is 29.7 Å². The van der Waals surface area contributed by atoms with Crippen molar-refractivity contribution in [3.63, 3.8) is 0 Å². The Labute approximate surface area is 109 Å². The monoisotopic (exact) mass is 262 g/mol. The van der Waals surface area contributed by atoms with Gasteiger partial charge in [0.2, 0.25) is 0 Å². The van der Waals surface area contributed by atoms with E-state index < -0.39 is 0 Å². The van der Waals surface area contributed by atoms with E-state index in [-0.39, 0.29) is 5.92 Å². The number of benzene rings is 1. The lowest BCUT2D eigenvalue weighted by Gasteiger charge is -2.28. The van der Waals surface area contributed by atoms with E-state index in [1.807, 2.05) is 24.3 Å². The molecule has 0 spiro atoms. The number of carbonyl (C=O) groups excluding carboxylic acids is 1. The van der Waals surface area contributed by atoms with E-state index in [2.05, 4.69) is 12.1 Å². The zero-order valence-electron chi connectivity index (χ0n) is 9.15. The second kappa shape index (κ2) is 4.28. The van der Waals surface area contributed by atoms with Crippen LogP contribution in [0.4, 0.5) is 0 Å². The van der Waals surface area contributed by atoms with E-state index >= 15 is 0 Å². The Kier molecular flexibility index (Phi) is 2.77. The van der Waals surface area contributed by atoms with Crippen molar-refractivity contribution in [2.24, 2.45) is 0 Å². The number of hydrogen-bond donors (Lipinski definition) is 0. The summed E-state index contributed by atoms with van der Waals surface area (Å²) < 4.78 is 0.752. The van der Waals surface area contributed by atoms with Crippen molar-refractivity contribution < 1.29 is 4.79 Å². The molecule has 1 nitrogen and oxygen atoms in total. The van der Waals surface area contributed by atoms with Crippen molar-refractivity contribution in [2.75, 3.05) is 0 Å². The summed E-state index contributed by atoms with van der Waals surface area (Å²) in [6.45, 7) is 0. The van der Waals surface area contributed by atoms with E-state index in [4.69, 9.17) is 11.6 Å². The topological polar surface area (TPSA) is 17.1 Å². The van der Waals surface area contributed by atoms with Gasteiger partial charge in [0.05, 0.1) is 4.34 Å². The number of halogens is 1. The van der Waals surface area contributed by atoms with Crippen molar-refractivity contribution in [2.45, 2.75) is 18.8 Å². The summed E-state index contributed by atoms with van der Waals surface area (Å²) in [6, 6.07) is 12.0. The fraction of sp³-hybridized carbons (Fsp3) is 0.214. The Morgan fingerprint density at radius 2 is 2.12 bits per heavy atom. The molecule has 0 fully saturated rings. The van der Waals surface area contributed by atoms with Crippen LogP contribution < -0.4 is 0 Å². The van der Waals surface area contributed by atoms with Crippen molar-refractivity contribution >= 4 is 28.7 Å². The first kappa shape index (κ1) is 11.0. The van der Waals surface area contributed by atoms with Crippen LogP contribution in [-0.2, 0) is 17.6 Å². The molecule has 0 bridgehead atoms. The number of ketones is 1. The maximum atomic E-state index is 12.1. The Morgan fingerprint density at radius 3 is 2.82 bits per heavy atom. The summed E-state index contributed by atoms with van der Waals surface area (Å²) in [4.78, 5) is 13.2. The summed E-state index contributed by atoms with van der Waals surface area (Å²) in [5, 5.41) is 0. The van der Waals surface area contributed by atoms with Crippen LogP contribution in [0.1, 0.15) is 21.9 Å². The first-order valence-electron chi connectivity index (χ1n) is 5.59. The van der Waals surface area contributed by atoms with Crippen molar-refractivity contribution in [3.8, 4) is 0 Å². The number of carbonyl (C=O) groups is 1. The van der Waals surface area contributed by atoms with Crippen LogP contribution in [0.3, 0.4) is 0 Å². The molecular weight excluding hydrogens is 252 g/mol. The molecule has 0 amide bonds. The maximum Gasteiger partial charge on any atom is 0.145 e. The lowest BCUT2D eigenvalue weighted by Crippen LogP contribution is -2.26. The molecule has 1 heterocycles. The average Bonchev–Trinajstić information content (AvgIpc) is 2.66. The number of Topliss-reactive ketones (excluding diaryl/α,β-unsaturated/α-hetero) is 1. The van der Waals surface area contributed by atoms with E-state index in [1.54, 1.807) is 0 Å². The van der Waals surface area contributed by atoms with Gasteiger partial charge in [0.1, 0.15) is 5.78 Å². The SMILES string of the molecule is O=C(Cc1ccc(Cl)s1)C1Cc2ccccc21. The Balaban J connectivity index is 1.73. The highest BCUT2D eigenvalue weighted by atomic mass is 35.5. The summed E-state index contributed by atoms with van der Waals surface area (Å²) >= 11 is 7.35. The Morgan fingerprint density at radius 1 is 1.29 bits per heavy atom. The number of thiophene rings is 1. The second-order valence-electron chi connectivity index (χ2n) is 4.30. The third kappa shape index (κ3) is 2.03. The van der Waals surface area contributed by atoms with Crippen LogP contribution >= 0.6 is 22.9 Å². The van der Waals surface area contributed by atoms with E-state index in [1.165, 1.54) is 22.5 Å². The molecule has 0 aliphatic heterocycles. The molecule has 1 atom stereocenters. The number of hydrogen-bond acceptors (Lipinski definition) is 2. The quantitative estimate of drug-likeness (QED) is 0.821. The second-order valence-corrected chi connectivity index (χ2v) is 6.10. The molecule has 1 aromatic carbocycles. The van der Waals surface area contributed by atoms with Gasteiger partial charge in [0.15, 0.2) is 0 Å². The van der Waals surface area contributed by atoms with Crippen LogP contribution in [0, 0.1) is 0 Å². The highest BCUT2D eigenvalue weighted by Gasteiger charge is 2.31. The predicted molar refractivity (Wildman–Crippen MR) is 70.9 cm³/mol. The fourth-order valence-corrected chi connectivity index (χ4v) is 3.39. The summed E-state index contributed by atoms with van der Waals surface area (Å²) in [7, 11) is 0. The number of fused-ring (bicyclic) bond motifs is 1. The molecule has 1 aliphatic rings. The van der Waals surface area contributed by atoms with Gasteiger partial charge >= 0.3 is 0 Å². The fourth-order valence-electron chi connectivity index (χ4n) is 2.29. The Bertz CT molecular complexity index is 573. The summed E-state index contributed by atoms with van der Waals surface area (Å²) in [6.07, 6.45) is 1.41.